The number of para-hydroxylation sites is 2. The van der Waals surface area contributed by atoms with Crippen LogP contribution in [-0.2, 0) is 10.8 Å². The molecule has 0 radical (unpaired) electrons. The minimum absolute atomic E-state index is 0.190. The van der Waals surface area contributed by atoms with Gasteiger partial charge in [0.25, 0.3) is 0 Å². The van der Waals surface area contributed by atoms with E-state index in [1.165, 1.54) is 66.6 Å². The van der Waals surface area contributed by atoms with Gasteiger partial charge in [-0.25, -0.2) is 0 Å². The molecule has 2 heteroatoms. The average molecular weight is 786 g/mol. The zero-order valence-corrected chi connectivity index (χ0v) is 35.4. The van der Waals surface area contributed by atoms with Crippen molar-refractivity contribution in [3.05, 3.63) is 214 Å². The molecule has 0 spiro atoms. The van der Waals surface area contributed by atoms with Crippen LogP contribution in [0.1, 0.15) is 56.9 Å². The summed E-state index contributed by atoms with van der Waals surface area (Å²) in [7, 11) is 0. The van der Waals surface area contributed by atoms with Gasteiger partial charge in [-0.2, -0.15) is 0 Å². The first-order chi connectivity index (χ1) is 29.6. The maximum absolute atomic E-state index is 6.48. The van der Waals surface area contributed by atoms with Gasteiger partial charge in [-0.05, 0) is 122 Å². The molecule has 0 amide bonds. The second-order valence-electron chi connectivity index (χ2n) is 17.9. The molecule has 0 bridgehead atoms. The Kier molecular flexibility index (Phi) is 8.28. The molecular formula is C59H47NO. The van der Waals surface area contributed by atoms with E-state index in [9.17, 15) is 0 Å². The monoisotopic (exact) mass is 785 g/mol. The molecule has 0 saturated carbocycles. The quantitative estimate of drug-likeness (QED) is 0.167. The van der Waals surface area contributed by atoms with E-state index in [1.807, 2.05) is 6.07 Å². The van der Waals surface area contributed by atoms with Crippen LogP contribution in [0.5, 0.6) is 0 Å². The Balaban J connectivity index is 1.08. The van der Waals surface area contributed by atoms with Gasteiger partial charge in [0.15, 0.2) is 0 Å². The van der Waals surface area contributed by atoms with Crippen LogP contribution in [0.3, 0.4) is 0 Å². The molecule has 0 fully saturated rings. The van der Waals surface area contributed by atoms with Crippen molar-refractivity contribution in [1.82, 2.24) is 0 Å². The van der Waals surface area contributed by atoms with E-state index < -0.39 is 0 Å². The molecule has 2 nitrogen and oxygen atoms in total. The SMILES string of the molecule is C=c1cccc/c1=C/C1=C(C)c2cc3c(cc2C1(C)C)-c1c(N(c2ccc(-c4ccccc4)cc2)c2ccc(-c4cccc5c4oc4ccccc45)cc2)cccc1C3(C)C. The van der Waals surface area contributed by atoms with Gasteiger partial charge in [0, 0.05) is 44.1 Å². The lowest BCUT2D eigenvalue weighted by Crippen LogP contribution is -2.25. The third-order valence-electron chi connectivity index (χ3n) is 13.6. The fraction of sp³-hybridized carbons (Fsp3) is 0.119. The van der Waals surface area contributed by atoms with E-state index in [0.29, 0.717) is 0 Å². The fourth-order valence-electron chi connectivity index (χ4n) is 10.3. The molecule has 8 aromatic carbocycles. The maximum atomic E-state index is 6.48. The number of rotatable bonds is 6. The van der Waals surface area contributed by atoms with Gasteiger partial charge in [0.1, 0.15) is 11.2 Å². The van der Waals surface area contributed by atoms with E-state index in [2.05, 4.69) is 222 Å². The van der Waals surface area contributed by atoms with Gasteiger partial charge in [-0.15, -0.1) is 0 Å². The second kappa shape index (κ2) is 13.7. The number of anilines is 3. The summed E-state index contributed by atoms with van der Waals surface area (Å²) in [4.78, 5) is 2.45. The largest absolute Gasteiger partial charge is 0.455 e. The topological polar surface area (TPSA) is 16.4 Å². The van der Waals surface area contributed by atoms with Crippen molar-refractivity contribution in [3.8, 4) is 33.4 Å². The van der Waals surface area contributed by atoms with Crippen LogP contribution >= 0.6 is 0 Å². The lowest BCUT2D eigenvalue weighted by molar-refractivity contribution is 0.650. The fourth-order valence-corrected chi connectivity index (χ4v) is 10.3. The predicted octanol–water partition coefficient (Wildman–Crippen LogP) is 14.7. The normalized spacial score (nSPS) is 15.0. The molecule has 294 valence electrons. The molecule has 0 N–H and O–H groups in total. The highest BCUT2D eigenvalue weighted by Crippen LogP contribution is 2.58. The molecule has 0 saturated heterocycles. The number of nitrogens with zero attached hydrogens (tertiary/aromatic N) is 1. The number of hydrogen-bond donors (Lipinski definition) is 0. The molecule has 9 aromatic rings. The van der Waals surface area contributed by atoms with Crippen LogP contribution in [0.15, 0.2) is 186 Å². The first-order valence-electron chi connectivity index (χ1n) is 21.4. The first kappa shape index (κ1) is 36.9. The number of allylic oxidation sites excluding steroid dienone is 2. The minimum Gasteiger partial charge on any atom is -0.455 e. The Labute approximate surface area is 358 Å². The van der Waals surface area contributed by atoms with Crippen molar-refractivity contribution in [1.29, 1.82) is 0 Å². The number of hydrogen-bond acceptors (Lipinski definition) is 2. The van der Waals surface area contributed by atoms with E-state index in [0.717, 1.165) is 49.7 Å². The highest BCUT2D eigenvalue weighted by Gasteiger charge is 2.42. The summed E-state index contributed by atoms with van der Waals surface area (Å²) in [5.74, 6) is 0. The number of benzene rings is 8. The van der Waals surface area contributed by atoms with Crippen molar-refractivity contribution >= 4 is 57.2 Å². The van der Waals surface area contributed by atoms with Gasteiger partial charge in [0.05, 0.1) is 5.69 Å². The lowest BCUT2D eigenvalue weighted by atomic mass is 9.78. The first-order valence-corrected chi connectivity index (χ1v) is 21.4. The molecule has 2 aliphatic carbocycles. The molecule has 2 aliphatic rings. The maximum Gasteiger partial charge on any atom is 0.143 e. The van der Waals surface area contributed by atoms with Crippen molar-refractivity contribution in [3.63, 3.8) is 0 Å². The highest BCUT2D eigenvalue weighted by molar-refractivity contribution is 6.09. The summed E-state index contributed by atoms with van der Waals surface area (Å²) in [6.45, 7) is 16.2. The third-order valence-corrected chi connectivity index (χ3v) is 13.6. The lowest BCUT2D eigenvalue weighted by Gasteiger charge is -2.29. The summed E-state index contributed by atoms with van der Waals surface area (Å²) in [6.07, 6.45) is 2.37. The Hall–Kier alpha value is -7.16. The van der Waals surface area contributed by atoms with Crippen LogP contribution in [0.25, 0.3) is 73.5 Å². The molecule has 61 heavy (non-hydrogen) atoms. The summed E-state index contributed by atoms with van der Waals surface area (Å²) >= 11 is 0. The van der Waals surface area contributed by atoms with Crippen LogP contribution in [-0.4, -0.2) is 0 Å². The summed E-state index contributed by atoms with van der Waals surface area (Å²) in [5, 5.41) is 4.50. The molecule has 1 heterocycles. The molecule has 0 unspecified atom stereocenters. The van der Waals surface area contributed by atoms with Crippen LogP contribution in [0, 0.1) is 0 Å². The minimum atomic E-state index is -0.204. The van der Waals surface area contributed by atoms with E-state index >= 15 is 0 Å². The van der Waals surface area contributed by atoms with E-state index in [4.69, 9.17) is 4.42 Å². The number of fused-ring (bicyclic) bond motifs is 7. The van der Waals surface area contributed by atoms with E-state index in [1.54, 1.807) is 0 Å². The van der Waals surface area contributed by atoms with Crippen LogP contribution < -0.4 is 15.3 Å². The molecule has 0 aliphatic heterocycles. The van der Waals surface area contributed by atoms with Gasteiger partial charge < -0.3 is 9.32 Å². The van der Waals surface area contributed by atoms with Gasteiger partial charge >= 0.3 is 0 Å². The molecule has 11 rings (SSSR count). The molecule has 0 atom stereocenters. The van der Waals surface area contributed by atoms with Crippen molar-refractivity contribution in [2.75, 3.05) is 4.90 Å². The second-order valence-corrected chi connectivity index (χ2v) is 17.9. The van der Waals surface area contributed by atoms with Gasteiger partial charge in [-0.3, -0.25) is 0 Å². The highest BCUT2D eigenvalue weighted by atomic mass is 16.3. The van der Waals surface area contributed by atoms with Crippen molar-refractivity contribution < 1.29 is 4.42 Å². The summed E-state index contributed by atoms with van der Waals surface area (Å²) in [5.41, 5.74) is 20.1. The Morgan fingerprint density at radius 3 is 1.87 bits per heavy atom. The molecular weight excluding hydrogens is 739 g/mol. The standard InChI is InChI=1S/C59H47NO/c1-37-16-10-11-19-42(37)34-51-38(2)48-35-53-49(36-52(48)59(51,5)6)56-50(58(53,3)4)23-15-24-54(56)60(43-30-26-40(27-31-43)39-17-8-7-9-18-39)44-32-28-41(29-33-44)45-21-14-22-47-46-20-12-13-25-55(46)61-57(45)47/h7-36H,1H2,2-6H3/b42-34-. The molecule has 1 aromatic heterocycles. The Bertz CT molecular complexity index is 3360. The summed E-state index contributed by atoms with van der Waals surface area (Å²) in [6, 6.07) is 63.8. The predicted molar refractivity (Wildman–Crippen MR) is 258 cm³/mol. The zero-order valence-electron chi connectivity index (χ0n) is 35.4. The average Bonchev–Trinajstić information content (AvgIpc) is 3.84. The van der Waals surface area contributed by atoms with Gasteiger partial charge in [0.2, 0.25) is 0 Å². The Morgan fingerprint density at radius 1 is 0.508 bits per heavy atom. The Morgan fingerprint density at radius 2 is 1.11 bits per heavy atom. The zero-order chi connectivity index (χ0) is 41.6. The number of furan rings is 1. The summed E-state index contributed by atoms with van der Waals surface area (Å²) < 4.78 is 6.48. The van der Waals surface area contributed by atoms with Crippen LogP contribution in [0.2, 0.25) is 0 Å². The van der Waals surface area contributed by atoms with Crippen LogP contribution in [0.4, 0.5) is 17.1 Å². The van der Waals surface area contributed by atoms with Crippen molar-refractivity contribution in [2.24, 2.45) is 0 Å². The third kappa shape index (κ3) is 5.70. The van der Waals surface area contributed by atoms with Gasteiger partial charge in [-0.1, -0.05) is 168 Å². The smallest absolute Gasteiger partial charge is 0.143 e. The van der Waals surface area contributed by atoms with Crippen molar-refractivity contribution in [2.45, 2.75) is 45.4 Å². The van der Waals surface area contributed by atoms with E-state index in [-0.39, 0.29) is 10.8 Å².